The van der Waals surface area contributed by atoms with Gasteiger partial charge in [-0.1, -0.05) is 12.1 Å². The molecule has 0 spiro atoms. The molecule has 1 atom stereocenters. The van der Waals surface area contributed by atoms with Crippen LogP contribution < -0.4 is 5.32 Å². The summed E-state index contributed by atoms with van der Waals surface area (Å²) in [5, 5.41) is 19.3. The van der Waals surface area contributed by atoms with Crippen LogP contribution in [-0.2, 0) is 35.3 Å². The van der Waals surface area contributed by atoms with Crippen molar-refractivity contribution in [3.63, 3.8) is 0 Å². The number of nitrogens with one attached hydrogen (secondary N) is 1. The highest BCUT2D eigenvalue weighted by atomic mass is 16.3. The summed E-state index contributed by atoms with van der Waals surface area (Å²) in [6.45, 7) is 2.41. The number of aryl methyl sites for hydroxylation is 1. The Bertz CT molecular complexity index is 1390. The summed E-state index contributed by atoms with van der Waals surface area (Å²) in [4.78, 5) is 45.2. The molecule has 2 aromatic heterocycles. The third kappa shape index (κ3) is 3.77. The molecule has 2 saturated heterocycles. The van der Waals surface area contributed by atoms with Gasteiger partial charge in [-0.2, -0.15) is 5.10 Å². The Morgan fingerprint density at radius 2 is 1.94 bits per heavy atom. The molecule has 0 radical (unpaired) electrons. The third-order valence-electron chi connectivity index (χ3n) is 7.81. The highest BCUT2D eigenvalue weighted by molar-refractivity contribution is 6.05. The molecule has 5 heterocycles. The molecule has 3 aromatic rings. The Kier molecular flexibility index (Phi) is 5.38. The molecule has 2 N–H and O–H groups in total. The van der Waals surface area contributed by atoms with Gasteiger partial charge in [-0.05, 0) is 43.0 Å². The predicted octanol–water partition coefficient (Wildman–Crippen LogP) is 1.21. The van der Waals surface area contributed by atoms with Gasteiger partial charge >= 0.3 is 0 Å². The van der Waals surface area contributed by atoms with Crippen LogP contribution in [0.4, 0.5) is 0 Å². The summed E-state index contributed by atoms with van der Waals surface area (Å²) in [5.74, 6) is -1.02. The van der Waals surface area contributed by atoms with Crippen LogP contribution >= 0.6 is 0 Å². The molecule has 1 aromatic carbocycles. The van der Waals surface area contributed by atoms with E-state index in [9.17, 15) is 19.5 Å². The van der Waals surface area contributed by atoms with Crippen molar-refractivity contribution < 1.29 is 19.5 Å². The Hall–Kier alpha value is -3.63. The number of fused-ring (bicyclic) bond motifs is 2. The lowest BCUT2D eigenvalue weighted by atomic mass is 9.87. The zero-order chi connectivity index (χ0) is 25.0. The second kappa shape index (κ2) is 8.49. The minimum absolute atomic E-state index is 0.200. The number of amides is 3. The zero-order valence-electron chi connectivity index (χ0n) is 20.1. The maximum atomic E-state index is 12.9. The van der Waals surface area contributed by atoms with Crippen LogP contribution in [0.5, 0.6) is 0 Å². The van der Waals surface area contributed by atoms with Gasteiger partial charge in [0.05, 0.1) is 35.2 Å². The molecule has 0 bridgehead atoms. The Balaban J connectivity index is 1.15. The molecule has 0 aliphatic carbocycles. The van der Waals surface area contributed by atoms with Crippen LogP contribution in [0.2, 0.25) is 0 Å². The third-order valence-corrected chi connectivity index (χ3v) is 7.81. The van der Waals surface area contributed by atoms with E-state index in [4.69, 9.17) is 4.98 Å². The molecule has 0 saturated carbocycles. The first kappa shape index (κ1) is 22.8. The van der Waals surface area contributed by atoms with Crippen molar-refractivity contribution in [2.45, 2.75) is 50.4 Å². The van der Waals surface area contributed by atoms with Crippen molar-refractivity contribution in [3.05, 3.63) is 59.0 Å². The number of likely N-dealkylation sites (tertiary alicyclic amines) is 1. The lowest BCUT2D eigenvalue weighted by Crippen LogP contribution is -2.52. The number of carbonyl (C=O) groups excluding carboxylic acids is 3. The van der Waals surface area contributed by atoms with E-state index in [1.807, 2.05) is 24.0 Å². The zero-order valence-corrected chi connectivity index (χ0v) is 20.1. The molecule has 3 aliphatic heterocycles. The van der Waals surface area contributed by atoms with Crippen LogP contribution in [0, 0.1) is 0 Å². The summed E-state index contributed by atoms with van der Waals surface area (Å²) >= 11 is 0. The molecule has 36 heavy (non-hydrogen) atoms. The van der Waals surface area contributed by atoms with Crippen molar-refractivity contribution >= 4 is 28.6 Å². The van der Waals surface area contributed by atoms with Gasteiger partial charge in [-0.25, -0.2) is 0 Å². The molecular formula is C26H28N6O4. The van der Waals surface area contributed by atoms with Crippen molar-refractivity contribution in [3.8, 4) is 0 Å². The van der Waals surface area contributed by atoms with E-state index >= 15 is 0 Å². The van der Waals surface area contributed by atoms with E-state index in [2.05, 4.69) is 27.4 Å². The number of nitrogens with zero attached hydrogens (tertiary/aromatic N) is 5. The van der Waals surface area contributed by atoms with E-state index in [-0.39, 0.29) is 24.8 Å². The van der Waals surface area contributed by atoms with Crippen molar-refractivity contribution in [1.29, 1.82) is 0 Å². The number of aromatic nitrogens is 3. The van der Waals surface area contributed by atoms with E-state index < -0.39 is 17.6 Å². The lowest BCUT2D eigenvalue weighted by molar-refractivity contribution is -0.136. The number of pyridine rings is 1. The van der Waals surface area contributed by atoms with Crippen LogP contribution in [0.1, 0.15) is 53.0 Å². The molecule has 3 amide bonds. The van der Waals surface area contributed by atoms with E-state index in [0.717, 1.165) is 17.4 Å². The van der Waals surface area contributed by atoms with Crippen molar-refractivity contribution in [1.82, 2.24) is 29.9 Å². The Morgan fingerprint density at radius 3 is 2.72 bits per heavy atom. The Morgan fingerprint density at radius 1 is 1.14 bits per heavy atom. The van der Waals surface area contributed by atoms with Crippen molar-refractivity contribution in [2.75, 3.05) is 13.1 Å². The molecule has 6 rings (SSSR count). The van der Waals surface area contributed by atoms with E-state index in [1.54, 1.807) is 12.1 Å². The monoisotopic (exact) mass is 488 g/mol. The summed E-state index contributed by atoms with van der Waals surface area (Å²) in [6.07, 6.45) is 3.49. The molecule has 1 unspecified atom stereocenters. The number of hydrogen-bond donors (Lipinski definition) is 2. The standard InChI is InChI=1S/C26H28N6O4/c1-30-20-4-2-3-16(18(20)13-27-30)14-31-11-9-26(36,10-12-31)22-7-5-17-19(28-22)15-32(25(17)35)21-6-8-23(33)29-24(21)34/h2-5,7,13,21,36H,6,8-12,14-15H2,1H3,(H,29,33,34). The number of hydrogen-bond acceptors (Lipinski definition) is 7. The van der Waals surface area contributed by atoms with Gasteiger partial charge in [-0.15, -0.1) is 0 Å². The average Bonchev–Trinajstić information content (AvgIpc) is 3.41. The van der Waals surface area contributed by atoms with Gasteiger partial charge in [0.15, 0.2) is 0 Å². The number of aliphatic hydroxyl groups is 1. The largest absolute Gasteiger partial charge is 0.383 e. The topological polar surface area (TPSA) is 121 Å². The second-order valence-corrected chi connectivity index (χ2v) is 10.0. The number of carbonyl (C=O) groups is 3. The molecule has 2 fully saturated rings. The predicted molar refractivity (Wildman–Crippen MR) is 129 cm³/mol. The summed E-state index contributed by atoms with van der Waals surface area (Å²) in [6, 6.07) is 9.00. The van der Waals surface area contributed by atoms with Gasteiger partial charge in [0.2, 0.25) is 11.8 Å². The fraction of sp³-hybridized carbons (Fsp3) is 0.423. The van der Waals surface area contributed by atoms with Crippen molar-refractivity contribution in [2.24, 2.45) is 7.05 Å². The molecule has 10 nitrogen and oxygen atoms in total. The number of benzene rings is 1. The first-order valence-electron chi connectivity index (χ1n) is 12.3. The highest BCUT2D eigenvalue weighted by Crippen LogP contribution is 2.35. The minimum atomic E-state index is -1.07. The average molecular weight is 489 g/mol. The Labute approximate surface area is 207 Å². The minimum Gasteiger partial charge on any atom is -0.383 e. The maximum Gasteiger partial charge on any atom is 0.256 e. The van der Waals surface area contributed by atoms with Crippen LogP contribution in [0.25, 0.3) is 10.9 Å². The molecule has 186 valence electrons. The summed E-state index contributed by atoms with van der Waals surface area (Å²) in [5.41, 5.74) is 2.83. The van der Waals surface area contributed by atoms with Gasteiger partial charge in [0.1, 0.15) is 11.6 Å². The fourth-order valence-corrected chi connectivity index (χ4v) is 5.65. The summed E-state index contributed by atoms with van der Waals surface area (Å²) in [7, 11) is 1.94. The number of piperidine rings is 2. The number of imide groups is 1. The second-order valence-electron chi connectivity index (χ2n) is 10.0. The smallest absolute Gasteiger partial charge is 0.256 e. The first-order chi connectivity index (χ1) is 17.3. The molecule has 3 aliphatic rings. The van der Waals surface area contributed by atoms with Gasteiger partial charge in [0, 0.05) is 38.5 Å². The highest BCUT2D eigenvalue weighted by Gasteiger charge is 2.41. The molecule has 10 heteroatoms. The van der Waals surface area contributed by atoms with Gasteiger partial charge in [-0.3, -0.25) is 34.3 Å². The van der Waals surface area contributed by atoms with Gasteiger partial charge in [0.25, 0.3) is 5.91 Å². The quantitative estimate of drug-likeness (QED) is 0.530. The summed E-state index contributed by atoms with van der Waals surface area (Å²) < 4.78 is 1.87. The van der Waals surface area contributed by atoms with E-state index in [1.165, 1.54) is 10.5 Å². The normalized spacial score (nSPS) is 22.2. The maximum absolute atomic E-state index is 12.9. The van der Waals surface area contributed by atoms with Gasteiger partial charge < -0.3 is 10.0 Å². The fourth-order valence-electron chi connectivity index (χ4n) is 5.65. The van der Waals surface area contributed by atoms with Crippen LogP contribution in [0.15, 0.2) is 36.5 Å². The lowest BCUT2D eigenvalue weighted by Gasteiger charge is -2.38. The first-order valence-corrected chi connectivity index (χ1v) is 12.3. The number of rotatable bonds is 4. The SMILES string of the molecule is Cn1ncc2c(CN3CCC(O)(c4ccc5c(n4)CN(C4CCC(=O)NC4=O)C5=O)CC3)cccc21. The van der Waals surface area contributed by atoms with Crippen LogP contribution in [-0.4, -0.2) is 66.5 Å². The molecular weight excluding hydrogens is 460 g/mol. The van der Waals surface area contributed by atoms with E-state index in [0.29, 0.717) is 49.3 Å². The van der Waals surface area contributed by atoms with Crippen LogP contribution in [0.3, 0.4) is 0 Å².